The third kappa shape index (κ3) is 3.73. The predicted octanol–water partition coefficient (Wildman–Crippen LogP) is 5.80. The molecule has 1 aromatic heterocycles. The second kappa shape index (κ2) is 8.82. The van der Waals surface area contributed by atoms with Crippen molar-refractivity contribution >= 4 is 16.9 Å². The number of fused-ring (bicyclic) bond motifs is 2. The van der Waals surface area contributed by atoms with Gasteiger partial charge in [0.1, 0.15) is 34.5 Å². The fourth-order valence-electron chi connectivity index (χ4n) is 4.86. The highest BCUT2D eigenvalue weighted by Gasteiger charge is 2.33. The maximum absolute atomic E-state index is 13.1. The van der Waals surface area contributed by atoms with Gasteiger partial charge in [-0.15, -0.1) is 0 Å². The number of nitriles is 1. The van der Waals surface area contributed by atoms with Crippen molar-refractivity contribution in [1.29, 1.82) is 5.26 Å². The van der Waals surface area contributed by atoms with Crippen molar-refractivity contribution in [2.75, 3.05) is 7.11 Å². The van der Waals surface area contributed by atoms with Crippen LogP contribution in [0.5, 0.6) is 17.2 Å². The number of benzene rings is 3. The third-order valence-electron chi connectivity index (χ3n) is 6.41. The fraction of sp³-hybridized carbons (Fsp3) is 0.172. The SMILES string of the molecule is COc1ccccc1C1C(C#N)=C(N)Oc2cc(OC(=O)c3oc4cc(C)cc(C)c4c3C)ccc21. The van der Waals surface area contributed by atoms with E-state index in [1.54, 1.807) is 25.3 Å². The van der Waals surface area contributed by atoms with Gasteiger partial charge < -0.3 is 24.4 Å². The summed E-state index contributed by atoms with van der Waals surface area (Å²) in [4.78, 5) is 13.1. The van der Waals surface area contributed by atoms with Gasteiger partial charge in [-0.2, -0.15) is 5.26 Å². The number of allylic oxidation sites excluding steroid dienone is 1. The minimum atomic E-state index is -0.612. The molecule has 0 bridgehead atoms. The van der Waals surface area contributed by atoms with E-state index in [4.69, 9.17) is 24.4 Å². The van der Waals surface area contributed by atoms with E-state index in [1.165, 1.54) is 0 Å². The average Bonchev–Trinajstić information content (AvgIpc) is 3.19. The number of para-hydroxylation sites is 1. The highest BCUT2D eigenvalue weighted by atomic mass is 16.5. The molecule has 0 radical (unpaired) electrons. The van der Waals surface area contributed by atoms with E-state index < -0.39 is 11.9 Å². The number of methoxy groups -OCH3 is 1. The summed E-state index contributed by atoms with van der Waals surface area (Å²) in [7, 11) is 1.57. The lowest BCUT2D eigenvalue weighted by Crippen LogP contribution is -2.21. The van der Waals surface area contributed by atoms with Crippen LogP contribution in [-0.4, -0.2) is 13.1 Å². The molecule has 180 valence electrons. The number of furan rings is 1. The first-order chi connectivity index (χ1) is 17.3. The van der Waals surface area contributed by atoms with Crippen molar-refractivity contribution in [2.24, 2.45) is 5.73 Å². The molecule has 0 aliphatic carbocycles. The number of esters is 1. The van der Waals surface area contributed by atoms with Gasteiger partial charge in [0.15, 0.2) is 0 Å². The summed E-state index contributed by atoms with van der Waals surface area (Å²) < 4.78 is 22.8. The lowest BCUT2D eigenvalue weighted by Gasteiger charge is -2.27. The number of nitrogens with two attached hydrogens (primary N) is 1. The van der Waals surface area contributed by atoms with Crippen LogP contribution in [0.3, 0.4) is 0 Å². The normalized spacial score (nSPS) is 14.7. The molecule has 4 aromatic rings. The van der Waals surface area contributed by atoms with E-state index >= 15 is 0 Å². The molecule has 1 aliphatic rings. The molecule has 0 fully saturated rings. The van der Waals surface area contributed by atoms with Gasteiger partial charge in [0, 0.05) is 28.1 Å². The number of aryl methyl sites for hydroxylation is 3. The van der Waals surface area contributed by atoms with Crippen molar-refractivity contribution in [3.63, 3.8) is 0 Å². The predicted molar refractivity (Wildman–Crippen MR) is 134 cm³/mol. The lowest BCUT2D eigenvalue weighted by molar-refractivity contribution is 0.0702. The van der Waals surface area contributed by atoms with Gasteiger partial charge in [0.05, 0.1) is 13.0 Å². The number of rotatable bonds is 4. The van der Waals surface area contributed by atoms with Gasteiger partial charge in [-0.3, -0.25) is 0 Å². The first-order valence-corrected chi connectivity index (χ1v) is 11.4. The fourth-order valence-corrected chi connectivity index (χ4v) is 4.86. The van der Waals surface area contributed by atoms with E-state index in [-0.39, 0.29) is 23.0 Å². The quantitative estimate of drug-likeness (QED) is 0.290. The van der Waals surface area contributed by atoms with E-state index in [0.717, 1.165) is 27.6 Å². The Bertz CT molecular complexity index is 1610. The molecule has 7 heteroatoms. The first kappa shape index (κ1) is 23.1. The van der Waals surface area contributed by atoms with Gasteiger partial charge in [0.25, 0.3) is 0 Å². The van der Waals surface area contributed by atoms with Crippen molar-refractivity contribution in [3.8, 4) is 23.3 Å². The summed E-state index contributed by atoms with van der Waals surface area (Å²) in [5.74, 6) is 0.303. The largest absolute Gasteiger partial charge is 0.496 e. The van der Waals surface area contributed by atoms with Crippen molar-refractivity contribution in [1.82, 2.24) is 0 Å². The molecule has 2 N–H and O–H groups in total. The van der Waals surface area contributed by atoms with Crippen LogP contribution >= 0.6 is 0 Å². The molecule has 0 saturated heterocycles. The van der Waals surface area contributed by atoms with Crippen molar-refractivity contribution < 1.29 is 23.4 Å². The average molecular weight is 481 g/mol. The Morgan fingerprint density at radius 2 is 1.83 bits per heavy atom. The van der Waals surface area contributed by atoms with Crippen LogP contribution in [0.4, 0.5) is 0 Å². The number of nitrogens with zero attached hydrogens (tertiary/aromatic N) is 1. The van der Waals surface area contributed by atoms with Crippen molar-refractivity contribution in [3.05, 3.63) is 99.6 Å². The van der Waals surface area contributed by atoms with E-state index in [9.17, 15) is 10.1 Å². The number of ether oxygens (including phenoxy) is 3. The number of carbonyl (C=O) groups is 1. The number of hydrogen-bond acceptors (Lipinski definition) is 7. The Hall–Kier alpha value is -4.70. The monoisotopic (exact) mass is 480 g/mol. The highest BCUT2D eigenvalue weighted by Crippen LogP contribution is 2.46. The Balaban J connectivity index is 1.52. The summed E-state index contributed by atoms with van der Waals surface area (Å²) in [6.45, 7) is 5.80. The Kier molecular flexibility index (Phi) is 5.65. The first-order valence-electron chi connectivity index (χ1n) is 11.4. The van der Waals surface area contributed by atoms with Gasteiger partial charge >= 0.3 is 5.97 Å². The van der Waals surface area contributed by atoms with E-state index in [2.05, 4.69) is 6.07 Å². The summed E-state index contributed by atoms with van der Waals surface area (Å²) >= 11 is 0. The van der Waals surface area contributed by atoms with Crippen LogP contribution in [0, 0.1) is 32.1 Å². The minimum absolute atomic E-state index is 0.0108. The number of carbonyl (C=O) groups excluding carboxylic acids is 1. The highest BCUT2D eigenvalue weighted by molar-refractivity contribution is 5.98. The molecular formula is C29H24N2O5. The summed E-state index contributed by atoms with van der Waals surface area (Å²) in [6.07, 6.45) is 0. The molecule has 0 saturated carbocycles. The Morgan fingerprint density at radius 1 is 1.06 bits per heavy atom. The van der Waals surface area contributed by atoms with Crippen LogP contribution < -0.4 is 19.9 Å². The molecule has 1 aliphatic heterocycles. The zero-order valence-electron chi connectivity index (χ0n) is 20.3. The molecule has 0 spiro atoms. The van der Waals surface area contributed by atoms with E-state index in [1.807, 2.05) is 57.2 Å². The zero-order valence-corrected chi connectivity index (χ0v) is 20.3. The maximum Gasteiger partial charge on any atom is 0.379 e. The molecule has 2 heterocycles. The summed E-state index contributed by atoms with van der Waals surface area (Å²) in [5.41, 5.74) is 11.3. The Morgan fingerprint density at radius 3 is 2.58 bits per heavy atom. The topological polar surface area (TPSA) is 108 Å². The lowest BCUT2D eigenvalue weighted by atomic mass is 9.83. The van der Waals surface area contributed by atoms with E-state index in [0.29, 0.717) is 22.6 Å². The molecule has 7 nitrogen and oxygen atoms in total. The second-order valence-corrected chi connectivity index (χ2v) is 8.77. The standard InChI is InChI=1S/C29H24N2O5/c1-15-11-16(2)25-17(3)27(35-24(25)12-15)29(32)34-18-9-10-20-23(13-18)36-28(31)21(14-30)26(20)19-7-5-6-8-22(19)33-4/h5-13,26H,31H2,1-4H3. The van der Waals surface area contributed by atoms with Gasteiger partial charge in [-0.05, 0) is 50.1 Å². The smallest absolute Gasteiger partial charge is 0.379 e. The van der Waals surface area contributed by atoms with Crippen LogP contribution in [0.15, 0.2) is 70.5 Å². The summed E-state index contributed by atoms with van der Waals surface area (Å²) in [6, 6.07) is 18.6. The van der Waals surface area contributed by atoms with Gasteiger partial charge in [-0.25, -0.2) is 4.79 Å². The van der Waals surface area contributed by atoms with Crippen LogP contribution in [0.1, 0.15) is 44.3 Å². The maximum atomic E-state index is 13.1. The molecule has 0 amide bonds. The molecular weight excluding hydrogens is 456 g/mol. The molecule has 36 heavy (non-hydrogen) atoms. The van der Waals surface area contributed by atoms with Crippen LogP contribution in [-0.2, 0) is 0 Å². The van der Waals surface area contributed by atoms with Crippen molar-refractivity contribution in [2.45, 2.75) is 26.7 Å². The Labute approximate surface area is 208 Å². The summed E-state index contributed by atoms with van der Waals surface area (Å²) in [5, 5.41) is 10.7. The number of hydrogen-bond donors (Lipinski definition) is 1. The molecule has 1 unspecified atom stereocenters. The van der Waals surface area contributed by atoms with Gasteiger partial charge in [0.2, 0.25) is 11.6 Å². The molecule has 3 aromatic carbocycles. The third-order valence-corrected chi connectivity index (χ3v) is 6.41. The van der Waals surface area contributed by atoms with Crippen LogP contribution in [0.2, 0.25) is 0 Å². The van der Waals surface area contributed by atoms with Crippen LogP contribution in [0.25, 0.3) is 11.0 Å². The van der Waals surface area contributed by atoms with Gasteiger partial charge in [-0.1, -0.05) is 30.3 Å². The second-order valence-electron chi connectivity index (χ2n) is 8.77. The minimum Gasteiger partial charge on any atom is -0.496 e. The molecule has 1 atom stereocenters. The molecule has 5 rings (SSSR count). The zero-order chi connectivity index (χ0) is 25.6.